The Morgan fingerprint density at radius 3 is 2.55 bits per heavy atom. The first kappa shape index (κ1) is 21.9. The lowest BCUT2D eigenvalue weighted by Gasteiger charge is -2.35. The van der Waals surface area contributed by atoms with Gasteiger partial charge in [-0.3, -0.25) is 9.69 Å². The maximum atomic E-state index is 12.9. The van der Waals surface area contributed by atoms with Crippen LogP contribution < -0.4 is 5.32 Å². The molecular formula is C21H20F3N3O2S2. The molecule has 0 aliphatic carbocycles. The molecule has 2 aromatic heterocycles. The Balaban J connectivity index is 1.48. The maximum absolute atomic E-state index is 12.9. The summed E-state index contributed by atoms with van der Waals surface area (Å²) in [6.45, 7) is 2.62. The number of hydrogen-bond donors (Lipinski definition) is 1. The van der Waals surface area contributed by atoms with Gasteiger partial charge in [0.2, 0.25) is 0 Å². The van der Waals surface area contributed by atoms with Gasteiger partial charge in [-0.15, -0.1) is 11.3 Å². The molecule has 31 heavy (non-hydrogen) atoms. The van der Waals surface area contributed by atoms with E-state index in [2.05, 4.69) is 15.2 Å². The molecule has 164 valence electrons. The molecule has 10 heteroatoms. The molecule has 0 bridgehead atoms. The molecule has 3 aromatic rings. The van der Waals surface area contributed by atoms with Crippen LogP contribution in [-0.2, 0) is 10.9 Å². The summed E-state index contributed by atoms with van der Waals surface area (Å²) in [5, 5.41) is 9.31. The second-order valence-electron chi connectivity index (χ2n) is 7.04. The Labute approximate surface area is 185 Å². The number of rotatable bonds is 6. The minimum atomic E-state index is -4.38. The van der Waals surface area contributed by atoms with Gasteiger partial charge in [0.15, 0.2) is 0 Å². The second kappa shape index (κ2) is 9.47. The molecule has 3 heterocycles. The quantitative estimate of drug-likeness (QED) is 0.571. The Bertz CT molecular complexity index is 998. The van der Waals surface area contributed by atoms with Crippen molar-refractivity contribution in [1.82, 2.24) is 15.2 Å². The van der Waals surface area contributed by atoms with Crippen molar-refractivity contribution in [3.63, 3.8) is 0 Å². The molecule has 5 nitrogen and oxygen atoms in total. The van der Waals surface area contributed by atoms with Gasteiger partial charge in [0, 0.05) is 36.0 Å². The molecular weight excluding hydrogens is 447 g/mol. The standard InChI is InChI=1S/C21H20F3N3O2S2/c22-21(23,24)16-3-1-14(2-4-16)18(27-6-8-29-9-7-27)11-25-19(28)17-13-31-20(26-17)15-5-10-30-12-15/h1-5,10,12-13,18H,6-9,11H2,(H,25,28). The monoisotopic (exact) mass is 467 g/mol. The average molecular weight is 468 g/mol. The van der Waals surface area contributed by atoms with E-state index in [1.807, 2.05) is 16.8 Å². The minimum Gasteiger partial charge on any atom is -0.379 e. The predicted molar refractivity (Wildman–Crippen MR) is 114 cm³/mol. The van der Waals surface area contributed by atoms with Gasteiger partial charge in [0.05, 0.1) is 24.8 Å². The summed E-state index contributed by atoms with van der Waals surface area (Å²) in [6.07, 6.45) is -4.38. The summed E-state index contributed by atoms with van der Waals surface area (Å²) in [5.74, 6) is -0.303. The number of nitrogens with zero attached hydrogens (tertiary/aromatic N) is 2. The number of benzene rings is 1. The van der Waals surface area contributed by atoms with Crippen LogP contribution in [0.1, 0.15) is 27.7 Å². The molecule has 4 rings (SSSR count). The molecule has 1 aliphatic rings. The zero-order valence-electron chi connectivity index (χ0n) is 16.4. The van der Waals surface area contributed by atoms with Crippen LogP contribution in [0, 0.1) is 0 Å². The normalized spacial score (nSPS) is 16.2. The molecule has 0 spiro atoms. The molecule has 0 radical (unpaired) electrons. The number of aromatic nitrogens is 1. The highest BCUT2D eigenvalue weighted by Gasteiger charge is 2.31. The van der Waals surface area contributed by atoms with Gasteiger partial charge in [-0.1, -0.05) is 12.1 Å². The molecule has 1 aliphatic heterocycles. The van der Waals surface area contributed by atoms with E-state index >= 15 is 0 Å². The van der Waals surface area contributed by atoms with Gasteiger partial charge < -0.3 is 10.1 Å². The highest BCUT2D eigenvalue weighted by atomic mass is 32.1. The van der Waals surface area contributed by atoms with E-state index in [1.165, 1.54) is 23.5 Å². The van der Waals surface area contributed by atoms with Crippen molar-refractivity contribution < 1.29 is 22.7 Å². The maximum Gasteiger partial charge on any atom is 0.416 e. The van der Waals surface area contributed by atoms with Crippen LogP contribution >= 0.6 is 22.7 Å². The van der Waals surface area contributed by atoms with Crippen LogP contribution in [0.25, 0.3) is 10.6 Å². The number of hydrogen-bond acceptors (Lipinski definition) is 6. The Hall–Kier alpha value is -2.27. The highest BCUT2D eigenvalue weighted by Crippen LogP contribution is 2.31. The van der Waals surface area contributed by atoms with Crippen molar-refractivity contribution in [1.29, 1.82) is 0 Å². The van der Waals surface area contributed by atoms with Gasteiger partial charge in [0.1, 0.15) is 10.7 Å². The fraction of sp³-hybridized carbons (Fsp3) is 0.333. The summed E-state index contributed by atoms with van der Waals surface area (Å²) in [7, 11) is 0. The Morgan fingerprint density at radius 2 is 1.90 bits per heavy atom. The van der Waals surface area contributed by atoms with Crippen LogP contribution in [0.2, 0.25) is 0 Å². The van der Waals surface area contributed by atoms with E-state index in [-0.39, 0.29) is 18.5 Å². The van der Waals surface area contributed by atoms with Gasteiger partial charge in [-0.05, 0) is 29.1 Å². The van der Waals surface area contributed by atoms with Crippen LogP contribution in [0.4, 0.5) is 13.2 Å². The molecule has 1 N–H and O–H groups in total. The van der Waals surface area contributed by atoms with E-state index < -0.39 is 11.7 Å². The number of nitrogens with one attached hydrogen (secondary N) is 1. The summed E-state index contributed by atoms with van der Waals surface area (Å²) in [6, 6.07) is 6.81. The zero-order chi connectivity index (χ0) is 21.8. The Morgan fingerprint density at radius 1 is 1.16 bits per heavy atom. The number of halogens is 3. The molecule has 1 atom stereocenters. The number of amides is 1. The predicted octanol–water partition coefficient (Wildman–Crippen LogP) is 4.69. The smallest absolute Gasteiger partial charge is 0.379 e. The van der Waals surface area contributed by atoms with Crippen LogP contribution in [-0.4, -0.2) is 48.6 Å². The summed E-state index contributed by atoms with van der Waals surface area (Å²) in [5.41, 5.74) is 1.33. The second-order valence-corrected chi connectivity index (χ2v) is 8.68. The van der Waals surface area contributed by atoms with Crippen molar-refractivity contribution in [2.75, 3.05) is 32.8 Å². The Kier molecular flexibility index (Phi) is 6.71. The van der Waals surface area contributed by atoms with Crippen molar-refractivity contribution >= 4 is 28.6 Å². The molecule has 1 amide bonds. The fourth-order valence-corrected chi connectivity index (χ4v) is 4.93. The van der Waals surface area contributed by atoms with E-state index in [4.69, 9.17) is 4.74 Å². The summed E-state index contributed by atoms with van der Waals surface area (Å²) < 4.78 is 44.2. The minimum absolute atomic E-state index is 0.259. The largest absolute Gasteiger partial charge is 0.416 e. The number of thiazole rings is 1. The van der Waals surface area contributed by atoms with Gasteiger partial charge in [-0.2, -0.15) is 24.5 Å². The van der Waals surface area contributed by atoms with Gasteiger partial charge >= 0.3 is 6.18 Å². The first-order valence-corrected chi connectivity index (χ1v) is 11.5. The van der Waals surface area contributed by atoms with E-state index in [9.17, 15) is 18.0 Å². The molecule has 1 unspecified atom stereocenters. The van der Waals surface area contributed by atoms with E-state index in [1.54, 1.807) is 16.7 Å². The van der Waals surface area contributed by atoms with Crippen molar-refractivity contribution in [2.24, 2.45) is 0 Å². The van der Waals surface area contributed by atoms with Crippen molar-refractivity contribution in [2.45, 2.75) is 12.2 Å². The number of thiophene rings is 1. The molecule has 1 fully saturated rings. The first-order chi connectivity index (χ1) is 14.9. The summed E-state index contributed by atoms with van der Waals surface area (Å²) >= 11 is 2.96. The highest BCUT2D eigenvalue weighted by molar-refractivity contribution is 7.14. The van der Waals surface area contributed by atoms with Gasteiger partial charge in [0.25, 0.3) is 5.91 Å². The average Bonchev–Trinajstić information content (AvgIpc) is 3.46. The third-order valence-electron chi connectivity index (χ3n) is 5.07. The van der Waals surface area contributed by atoms with Crippen LogP contribution in [0.3, 0.4) is 0 Å². The van der Waals surface area contributed by atoms with Crippen molar-refractivity contribution in [3.05, 3.63) is 63.3 Å². The molecule has 0 saturated carbocycles. The fourth-order valence-electron chi connectivity index (χ4n) is 3.42. The van der Waals surface area contributed by atoms with E-state index in [0.29, 0.717) is 37.6 Å². The zero-order valence-corrected chi connectivity index (χ0v) is 18.0. The van der Waals surface area contributed by atoms with E-state index in [0.717, 1.165) is 22.7 Å². The number of carbonyl (C=O) groups is 1. The third kappa shape index (κ3) is 5.32. The lowest BCUT2D eigenvalue weighted by atomic mass is 10.0. The topological polar surface area (TPSA) is 54.5 Å². The van der Waals surface area contributed by atoms with Gasteiger partial charge in [-0.25, -0.2) is 4.98 Å². The molecule has 1 aromatic carbocycles. The first-order valence-electron chi connectivity index (χ1n) is 9.67. The number of ether oxygens (including phenoxy) is 1. The third-order valence-corrected chi connectivity index (χ3v) is 6.64. The van der Waals surface area contributed by atoms with Crippen molar-refractivity contribution in [3.8, 4) is 10.6 Å². The molecule has 1 saturated heterocycles. The number of alkyl halides is 3. The SMILES string of the molecule is O=C(NCC(c1ccc(C(F)(F)F)cc1)N1CCOCC1)c1csc(-c2ccsc2)n1. The number of carbonyl (C=O) groups excluding carboxylic acids is 1. The summed E-state index contributed by atoms with van der Waals surface area (Å²) in [4.78, 5) is 19.2. The van der Waals surface area contributed by atoms with Crippen LogP contribution in [0.15, 0.2) is 46.5 Å². The lowest BCUT2D eigenvalue weighted by Crippen LogP contribution is -2.43. The number of morpholine rings is 1. The lowest BCUT2D eigenvalue weighted by molar-refractivity contribution is -0.137. The van der Waals surface area contributed by atoms with Crippen LogP contribution in [0.5, 0.6) is 0 Å².